The number of urea groups is 1. The van der Waals surface area contributed by atoms with E-state index in [0.717, 1.165) is 44.1 Å². The Balaban J connectivity index is 1.68. The first-order chi connectivity index (χ1) is 8.25. The molecule has 0 spiro atoms. The van der Waals surface area contributed by atoms with E-state index in [4.69, 9.17) is 0 Å². The monoisotopic (exact) mass is 234 g/mol. The van der Waals surface area contributed by atoms with Crippen LogP contribution in [-0.4, -0.2) is 42.1 Å². The van der Waals surface area contributed by atoms with Gasteiger partial charge in [-0.15, -0.1) is 0 Å². The summed E-state index contributed by atoms with van der Waals surface area (Å²) in [5.74, 6) is 0. The zero-order valence-electron chi connectivity index (χ0n) is 10.1. The molecule has 0 unspecified atom stereocenters. The molecule has 1 fully saturated rings. The second kappa shape index (κ2) is 5.63. The lowest BCUT2D eigenvalue weighted by Crippen LogP contribution is -2.34. The predicted octanol–water partition coefficient (Wildman–Crippen LogP) is 0.505. The molecule has 5 heteroatoms. The van der Waals surface area contributed by atoms with Crippen molar-refractivity contribution in [2.45, 2.75) is 13.5 Å². The van der Waals surface area contributed by atoms with Crippen molar-refractivity contribution in [2.24, 2.45) is 0 Å². The average Bonchev–Trinajstić information content (AvgIpc) is 2.71. The molecule has 1 aromatic heterocycles. The van der Waals surface area contributed by atoms with Gasteiger partial charge in [0.2, 0.25) is 0 Å². The molecule has 0 aliphatic carbocycles. The zero-order chi connectivity index (χ0) is 12.1. The standard InChI is InChI=1S/C12H18N4O/c1-10-3-2-4-11(15-10)9-13-5-7-16-8-6-14-12(16)17/h2-4,13H,5-9H2,1H3,(H,14,17). The van der Waals surface area contributed by atoms with Crippen LogP contribution in [0.3, 0.4) is 0 Å². The molecule has 5 nitrogen and oxygen atoms in total. The van der Waals surface area contributed by atoms with Crippen LogP contribution in [0.25, 0.3) is 0 Å². The van der Waals surface area contributed by atoms with E-state index in [2.05, 4.69) is 15.6 Å². The summed E-state index contributed by atoms with van der Waals surface area (Å²) < 4.78 is 0. The topological polar surface area (TPSA) is 57.3 Å². The number of nitrogens with one attached hydrogen (secondary N) is 2. The molecule has 2 amide bonds. The molecule has 92 valence electrons. The minimum Gasteiger partial charge on any atom is -0.336 e. The van der Waals surface area contributed by atoms with Crippen LogP contribution in [0.2, 0.25) is 0 Å². The summed E-state index contributed by atoms with van der Waals surface area (Å²) >= 11 is 0. The number of rotatable bonds is 5. The summed E-state index contributed by atoms with van der Waals surface area (Å²) in [6, 6.07) is 6.04. The molecule has 0 radical (unpaired) electrons. The number of pyridine rings is 1. The van der Waals surface area contributed by atoms with E-state index in [9.17, 15) is 4.79 Å². The van der Waals surface area contributed by atoms with Crippen molar-refractivity contribution < 1.29 is 4.79 Å². The van der Waals surface area contributed by atoms with Crippen LogP contribution < -0.4 is 10.6 Å². The highest BCUT2D eigenvalue weighted by molar-refractivity contribution is 5.76. The molecule has 0 aromatic carbocycles. The zero-order valence-corrected chi connectivity index (χ0v) is 10.1. The Morgan fingerprint density at radius 1 is 1.53 bits per heavy atom. The van der Waals surface area contributed by atoms with Crippen molar-refractivity contribution in [3.63, 3.8) is 0 Å². The van der Waals surface area contributed by atoms with Crippen LogP contribution in [0, 0.1) is 6.92 Å². The van der Waals surface area contributed by atoms with E-state index >= 15 is 0 Å². The van der Waals surface area contributed by atoms with Crippen LogP contribution in [0.4, 0.5) is 4.79 Å². The molecule has 0 bridgehead atoms. The van der Waals surface area contributed by atoms with E-state index in [1.165, 1.54) is 0 Å². The highest BCUT2D eigenvalue weighted by Gasteiger charge is 2.17. The van der Waals surface area contributed by atoms with Gasteiger partial charge in [0.25, 0.3) is 0 Å². The van der Waals surface area contributed by atoms with Gasteiger partial charge in [-0.25, -0.2) is 4.79 Å². The lowest BCUT2D eigenvalue weighted by Gasteiger charge is -2.14. The van der Waals surface area contributed by atoms with Gasteiger partial charge in [-0.1, -0.05) is 6.07 Å². The number of carbonyl (C=O) groups is 1. The third kappa shape index (κ3) is 3.42. The first-order valence-electron chi connectivity index (χ1n) is 5.92. The molecule has 2 rings (SSSR count). The number of aryl methyl sites for hydroxylation is 1. The molecule has 1 aliphatic rings. The fourth-order valence-corrected chi connectivity index (χ4v) is 1.85. The van der Waals surface area contributed by atoms with E-state index in [-0.39, 0.29) is 6.03 Å². The SMILES string of the molecule is Cc1cccc(CNCCN2CCNC2=O)n1. The maximum atomic E-state index is 11.3. The first kappa shape index (κ1) is 11.9. The van der Waals surface area contributed by atoms with Gasteiger partial charge in [-0.2, -0.15) is 0 Å². The molecule has 1 saturated heterocycles. The summed E-state index contributed by atoms with van der Waals surface area (Å²) in [7, 11) is 0. The van der Waals surface area contributed by atoms with Crippen molar-refractivity contribution in [1.82, 2.24) is 20.5 Å². The maximum Gasteiger partial charge on any atom is 0.317 e. The van der Waals surface area contributed by atoms with Crippen molar-refractivity contribution in [1.29, 1.82) is 0 Å². The lowest BCUT2D eigenvalue weighted by molar-refractivity contribution is 0.217. The van der Waals surface area contributed by atoms with Gasteiger partial charge in [-0.05, 0) is 19.1 Å². The number of aromatic nitrogens is 1. The smallest absolute Gasteiger partial charge is 0.317 e. The van der Waals surface area contributed by atoms with Gasteiger partial charge < -0.3 is 15.5 Å². The van der Waals surface area contributed by atoms with Crippen molar-refractivity contribution >= 4 is 6.03 Å². The Morgan fingerprint density at radius 2 is 2.41 bits per heavy atom. The normalized spacial score (nSPS) is 15.1. The van der Waals surface area contributed by atoms with Gasteiger partial charge >= 0.3 is 6.03 Å². The Labute approximate surface area is 101 Å². The third-order valence-corrected chi connectivity index (χ3v) is 2.76. The molecule has 0 saturated carbocycles. The number of carbonyl (C=O) groups excluding carboxylic acids is 1. The Bertz CT molecular complexity index is 394. The highest BCUT2D eigenvalue weighted by Crippen LogP contribution is 1.98. The van der Waals surface area contributed by atoms with Crippen LogP contribution in [0.1, 0.15) is 11.4 Å². The van der Waals surface area contributed by atoms with Crippen molar-refractivity contribution in [2.75, 3.05) is 26.2 Å². The van der Waals surface area contributed by atoms with Crippen molar-refractivity contribution in [3.05, 3.63) is 29.6 Å². The molecular formula is C12H18N4O. The van der Waals surface area contributed by atoms with Gasteiger partial charge in [0, 0.05) is 38.4 Å². The van der Waals surface area contributed by atoms with E-state index in [1.54, 1.807) is 0 Å². The molecule has 1 aliphatic heterocycles. The molecule has 2 N–H and O–H groups in total. The number of amides is 2. The summed E-state index contributed by atoms with van der Waals surface area (Å²) in [5, 5.41) is 6.07. The Morgan fingerprint density at radius 3 is 3.12 bits per heavy atom. The van der Waals surface area contributed by atoms with E-state index in [0.29, 0.717) is 0 Å². The second-order valence-corrected chi connectivity index (χ2v) is 4.17. The number of nitrogens with zero attached hydrogens (tertiary/aromatic N) is 2. The maximum absolute atomic E-state index is 11.3. The third-order valence-electron chi connectivity index (χ3n) is 2.76. The van der Waals surface area contributed by atoms with Crippen LogP contribution in [0.15, 0.2) is 18.2 Å². The van der Waals surface area contributed by atoms with Gasteiger partial charge in [0.05, 0.1) is 5.69 Å². The number of hydrogen-bond donors (Lipinski definition) is 2. The average molecular weight is 234 g/mol. The predicted molar refractivity (Wildman–Crippen MR) is 65.7 cm³/mol. The second-order valence-electron chi connectivity index (χ2n) is 4.17. The van der Waals surface area contributed by atoms with Gasteiger partial charge in [-0.3, -0.25) is 4.98 Å². The summed E-state index contributed by atoms with van der Waals surface area (Å²) in [6.07, 6.45) is 0. The highest BCUT2D eigenvalue weighted by atomic mass is 16.2. The molecular weight excluding hydrogens is 216 g/mol. The van der Waals surface area contributed by atoms with Crippen LogP contribution >= 0.6 is 0 Å². The van der Waals surface area contributed by atoms with E-state index in [1.807, 2.05) is 30.0 Å². The van der Waals surface area contributed by atoms with Crippen LogP contribution in [0.5, 0.6) is 0 Å². The van der Waals surface area contributed by atoms with Crippen LogP contribution in [-0.2, 0) is 6.54 Å². The number of hydrogen-bond acceptors (Lipinski definition) is 3. The van der Waals surface area contributed by atoms with Gasteiger partial charge in [0.1, 0.15) is 0 Å². The fraction of sp³-hybridized carbons (Fsp3) is 0.500. The fourth-order valence-electron chi connectivity index (χ4n) is 1.85. The lowest BCUT2D eigenvalue weighted by atomic mass is 10.3. The molecule has 2 heterocycles. The summed E-state index contributed by atoms with van der Waals surface area (Å²) in [4.78, 5) is 17.5. The largest absolute Gasteiger partial charge is 0.336 e. The molecule has 1 aromatic rings. The Hall–Kier alpha value is -1.62. The quantitative estimate of drug-likeness (QED) is 0.730. The van der Waals surface area contributed by atoms with Crippen molar-refractivity contribution in [3.8, 4) is 0 Å². The minimum absolute atomic E-state index is 0.0421. The van der Waals surface area contributed by atoms with Gasteiger partial charge in [0.15, 0.2) is 0 Å². The molecule has 17 heavy (non-hydrogen) atoms. The summed E-state index contributed by atoms with van der Waals surface area (Å²) in [5.41, 5.74) is 2.07. The first-order valence-corrected chi connectivity index (χ1v) is 5.92. The molecule has 0 atom stereocenters. The summed E-state index contributed by atoms with van der Waals surface area (Å²) in [6.45, 7) is 5.84. The van der Waals surface area contributed by atoms with E-state index < -0.39 is 0 Å². The minimum atomic E-state index is 0.0421. The Kier molecular flexibility index (Phi) is 3.93.